The molecule has 0 saturated carbocycles. The summed E-state index contributed by atoms with van der Waals surface area (Å²) in [5.41, 5.74) is 0.435. The third kappa shape index (κ3) is 8.34. The van der Waals surface area contributed by atoms with Gasteiger partial charge in [0.05, 0.1) is 0 Å². The van der Waals surface area contributed by atoms with E-state index >= 15 is 0 Å². The molecule has 0 bridgehead atoms. The molecule has 0 amide bonds. The Bertz CT molecular complexity index is 186. The third-order valence-electron chi connectivity index (χ3n) is 3.03. The molecule has 0 aromatic carbocycles. The highest BCUT2D eigenvalue weighted by atomic mass is 28.3. The molecule has 1 unspecified atom stereocenters. The zero-order chi connectivity index (χ0) is 13.0. The summed E-state index contributed by atoms with van der Waals surface area (Å²) in [7, 11) is -0.947. The van der Waals surface area contributed by atoms with Crippen LogP contribution in [0.5, 0.6) is 0 Å². The van der Waals surface area contributed by atoms with Crippen molar-refractivity contribution in [2.24, 2.45) is 17.3 Å². The monoisotopic (exact) mass is 243 g/mol. The van der Waals surface area contributed by atoms with Gasteiger partial charge in [-0.2, -0.15) is 0 Å². The average molecular weight is 244 g/mol. The Morgan fingerprint density at radius 2 is 1.50 bits per heavy atom. The first-order valence-electron chi connectivity index (χ1n) is 6.73. The summed E-state index contributed by atoms with van der Waals surface area (Å²) < 4.78 is 0. The van der Waals surface area contributed by atoms with Gasteiger partial charge in [-0.1, -0.05) is 60.3 Å². The second kappa shape index (κ2) is 6.20. The lowest BCUT2D eigenvalue weighted by Gasteiger charge is -2.35. The van der Waals surface area contributed by atoms with Gasteiger partial charge in [-0.3, -0.25) is 0 Å². The highest BCUT2D eigenvalue weighted by molar-refractivity contribution is 6.76. The highest BCUT2D eigenvalue weighted by Gasteiger charge is 2.29. The summed E-state index contributed by atoms with van der Waals surface area (Å²) in [6.45, 7) is 21.5. The Kier molecular flexibility index (Phi) is 6.27. The van der Waals surface area contributed by atoms with Crippen LogP contribution < -0.4 is 5.32 Å². The van der Waals surface area contributed by atoms with Crippen LogP contribution in [0, 0.1) is 17.3 Å². The third-order valence-corrected chi connectivity index (χ3v) is 4.74. The number of hydrogen-bond acceptors (Lipinski definition) is 1. The minimum atomic E-state index is -0.947. The molecule has 16 heavy (non-hydrogen) atoms. The Morgan fingerprint density at radius 1 is 1.00 bits per heavy atom. The SMILES string of the molecule is CC(C)CNCC(C[Si](C)(C)C)C(C)(C)C. The van der Waals surface area contributed by atoms with Gasteiger partial charge >= 0.3 is 0 Å². The first-order chi connectivity index (χ1) is 7.02. The summed E-state index contributed by atoms with van der Waals surface area (Å²) in [4.78, 5) is 0. The lowest BCUT2D eigenvalue weighted by Crippen LogP contribution is -2.38. The van der Waals surface area contributed by atoms with Crippen molar-refractivity contribution in [3.05, 3.63) is 0 Å². The van der Waals surface area contributed by atoms with Crippen molar-refractivity contribution in [2.45, 2.75) is 60.3 Å². The van der Waals surface area contributed by atoms with Crippen molar-refractivity contribution >= 4 is 8.07 Å². The minimum Gasteiger partial charge on any atom is -0.316 e. The van der Waals surface area contributed by atoms with Gasteiger partial charge in [0.1, 0.15) is 0 Å². The van der Waals surface area contributed by atoms with Gasteiger partial charge in [0.15, 0.2) is 0 Å². The second-order valence-electron chi connectivity index (χ2n) is 7.88. The standard InChI is InChI=1S/C14H33NSi/c1-12(2)9-15-10-13(14(3,4)5)11-16(6,7)8/h12-13,15H,9-11H2,1-8H3. The number of hydrogen-bond donors (Lipinski definition) is 1. The van der Waals surface area contributed by atoms with Crippen LogP contribution in [0.25, 0.3) is 0 Å². The Hall–Kier alpha value is 0.177. The van der Waals surface area contributed by atoms with Gasteiger partial charge in [-0.25, -0.2) is 0 Å². The molecule has 0 fully saturated rings. The number of rotatable bonds is 6. The highest BCUT2D eigenvalue weighted by Crippen LogP contribution is 2.32. The Morgan fingerprint density at radius 3 is 1.81 bits per heavy atom. The van der Waals surface area contributed by atoms with Gasteiger partial charge < -0.3 is 5.32 Å². The topological polar surface area (TPSA) is 12.0 Å². The van der Waals surface area contributed by atoms with E-state index in [-0.39, 0.29) is 0 Å². The van der Waals surface area contributed by atoms with Crippen LogP contribution in [0.4, 0.5) is 0 Å². The first kappa shape index (κ1) is 16.2. The Labute approximate surface area is 104 Å². The fourth-order valence-electron chi connectivity index (χ4n) is 1.97. The zero-order valence-electron chi connectivity index (χ0n) is 12.8. The van der Waals surface area contributed by atoms with E-state index in [4.69, 9.17) is 0 Å². The van der Waals surface area contributed by atoms with Crippen molar-refractivity contribution in [1.82, 2.24) is 5.32 Å². The maximum absolute atomic E-state index is 3.64. The van der Waals surface area contributed by atoms with Crippen LogP contribution in [0.2, 0.25) is 25.7 Å². The molecule has 1 nitrogen and oxygen atoms in total. The van der Waals surface area contributed by atoms with Crippen LogP contribution in [0.3, 0.4) is 0 Å². The van der Waals surface area contributed by atoms with Crippen molar-refractivity contribution in [3.8, 4) is 0 Å². The molecule has 0 aliphatic heterocycles. The van der Waals surface area contributed by atoms with Gasteiger partial charge in [0, 0.05) is 8.07 Å². The average Bonchev–Trinajstić information content (AvgIpc) is 1.97. The van der Waals surface area contributed by atoms with Crippen LogP contribution >= 0.6 is 0 Å². The maximum Gasteiger partial charge on any atom is 0.0446 e. The summed E-state index contributed by atoms with van der Waals surface area (Å²) in [6.07, 6.45) is 0. The molecule has 0 heterocycles. The van der Waals surface area contributed by atoms with Crippen molar-refractivity contribution < 1.29 is 0 Å². The summed E-state index contributed by atoms with van der Waals surface area (Å²) in [5, 5.41) is 3.64. The van der Waals surface area contributed by atoms with Crippen molar-refractivity contribution in [3.63, 3.8) is 0 Å². The molecule has 0 saturated heterocycles. The van der Waals surface area contributed by atoms with Gasteiger partial charge in [-0.15, -0.1) is 0 Å². The molecule has 1 N–H and O–H groups in total. The van der Waals surface area contributed by atoms with Crippen molar-refractivity contribution in [2.75, 3.05) is 13.1 Å². The summed E-state index contributed by atoms with van der Waals surface area (Å²) >= 11 is 0. The van der Waals surface area contributed by atoms with Crippen molar-refractivity contribution in [1.29, 1.82) is 0 Å². The molecule has 2 heteroatoms. The van der Waals surface area contributed by atoms with E-state index in [1.165, 1.54) is 12.6 Å². The molecule has 0 radical (unpaired) electrons. The van der Waals surface area contributed by atoms with Crippen LogP contribution in [-0.2, 0) is 0 Å². The molecule has 0 aliphatic carbocycles. The number of nitrogens with one attached hydrogen (secondary N) is 1. The molecular weight excluding hydrogens is 210 g/mol. The van der Waals surface area contributed by atoms with E-state index in [9.17, 15) is 0 Å². The lowest BCUT2D eigenvalue weighted by molar-refractivity contribution is 0.248. The summed E-state index contributed by atoms with van der Waals surface area (Å²) in [6, 6.07) is 1.43. The molecular formula is C14H33NSi. The van der Waals surface area contributed by atoms with Gasteiger partial charge in [0.2, 0.25) is 0 Å². The molecule has 0 rings (SSSR count). The largest absolute Gasteiger partial charge is 0.316 e. The molecule has 0 aromatic rings. The lowest BCUT2D eigenvalue weighted by atomic mass is 9.82. The van der Waals surface area contributed by atoms with E-state index in [0.717, 1.165) is 18.4 Å². The van der Waals surface area contributed by atoms with E-state index in [1.54, 1.807) is 0 Å². The van der Waals surface area contributed by atoms with Gasteiger partial charge in [0.25, 0.3) is 0 Å². The predicted octanol–water partition coefficient (Wildman–Crippen LogP) is 4.23. The fraction of sp³-hybridized carbons (Fsp3) is 1.00. The smallest absolute Gasteiger partial charge is 0.0446 e. The van der Waals surface area contributed by atoms with Crippen LogP contribution in [0.15, 0.2) is 0 Å². The predicted molar refractivity (Wildman–Crippen MR) is 78.8 cm³/mol. The molecule has 0 spiro atoms. The fourth-order valence-corrected chi connectivity index (χ4v) is 4.21. The first-order valence-corrected chi connectivity index (χ1v) is 10.4. The molecule has 98 valence electrons. The quantitative estimate of drug-likeness (QED) is 0.688. The van der Waals surface area contributed by atoms with Crippen LogP contribution in [-0.4, -0.2) is 21.2 Å². The Balaban J connectivity index is 4.24. The van der Waals surface area contributed by atoms with E-state index in [0.29, 0.717) is 5.41 Å². The van der Waals surface area contributed by atoms with E-state index in [1.807, 2.05) is 0 Å². The maximum atomic E-state index is 3.64. The van der Waals surface area contributed by atoms with Crippen LogP contribution in [0.1, 0.15) is 34.6 Å². The molecule has 1 atom stereocenters. The second-order valence-corrected chi connectivity index (χ2v) is 13.4. The minimum absolute atomic E-state index is 0.435. The normalized spacial score (nSPS) is 15.6. The molecule has 0 aliphatic rings. The molecule has 0 aromatic heterocycles. The van der Waals surface area contributed by atoms with Gasteiger partial charge in [-0.05, 0) is 30.3 Å². The van der Waals surface area contributed by atoms with E-state index in [2.05, 4.69) is 59.6 Å². The zero-order valence-corrected chi connectivity index (χ0v) is 13.8. The summed E-state index contributed by atoms with van der Waals surface area (Å²) in [5.74, 6) is 1.57. The van der Waals surface area contributed by atoms with E-state index < -0.39 is 8.07 Å².